The van der Waals surface area contributed by atoms with Crippen molar-refractivity contribution in [3.63, 3.8) is 0 Å². The van der Waals surface area contributed by atoms with Crippen LogP contribution in [0.25, 0.3) is 0 Å². The third-order valence-electron chi connectivity index (χ3n) is 13.4. The molecule has 0 aliphatic heterocycles. The number of esters is 3. The molecule has 1 atom stereocenters. The highest BCUT2D eigenvalue weighted by atomic mass is 16.6. The van der Waals surface area contributed by atoms with Crippen LogP contribution < -0.4 is 0 Å². The third-order valence-corrected chi connectivity index (χ3v) is 13.4. The zero-order valence-electron chi connectivity index (χ0n) is 48.1. The molecule has 0 aromatic carbocycles. The lowest BCUT2D eigenvalue weighted by atomic mass is 10.0. The van der Waals surface area contributed by atoms with Crippen molar-refractivity contribution in [3.8, 4) is 0 Å². The number of rotatable bonds is 56. The Balaban J connectivity index is 4.21. The van der Waals surface area contributed by atoms with Gasteiger partial charge in [-0.25, -0.2) is 0 Å². The van der Waals surface area contributed by atoms with E-state index in [4.69, 9.17) is 14.2 Å². The van der Waals surface area contributed by atoms with Gasteiger partial charge >= 0.3 is 17.9 Å². The summed E-state index contributed by atoms with van der Waals surface area (Å²) in [5.74, 6) is -0.885. The van der Waals surface area contributed by atoms with E-state index in [1.807, 2.05) is 0 Å². The molecular weight excluding hydrogens is 901 g/mol. The molecule has 0 saturated carbocycles. The van der Waals surface area contributed by atoms with E-state index in [0.717, 1.165) is 109 Å². The van der Waals surface area contributed by atoms with Crippen LogP contribution in [0.3, 0.4) is 0 Å². The van der Waals surface area contributed by atoms with Gasteiger partial charge in [-0.3, -0.25) is 14.4 Å². The van der Waals surface area contributed by atoms with Crippen LogP contribution in [-0.4, -0.2) is 37.2 Å². The Morgan fingerprint density at radius 2 is 0.534 bits per heavy atom. The van der Waals surface area contributed by atoms with Gasteiger partial charge in [-0.1, -0.05) is 273 Å². The summed E-state index contributed by atoms with van der Waals surface area (Å²) in [7, 11) is 0. The Morgan fingerprint density at radius 1 is 0.288 bits per heavy atom. The summed E-state index contributed by atoms with van der Waals surface area (Å²) >= 11 is 0. The maximum absolute atomic E-state index is 12.9. The van der Waals surface area contributed by atoms with Crippen LogP contribution in [0.4, 0.5) is 0 Å². The standard InChI is InChI=1S/C67H116O6/c1-4-7-10-13-16-19-21-23-25-27-29-30-31-32-33-34-35-36-38-39-41-43-45-48-51-54-57-60-66(69)72-63-64(62-71-65(68)59-56-53-50-47-18-15-12-9-6-3)73-67(70)61-58-55-52-49-46-44-42-40-37-28-26-24-22-20-17-14-11-8-5-2/h7,10,16-17,19-20,23-26,29-30,37,40,64H,4-6,8-9,11-15,18,21-22,27-28,31-36,38-39,41-63H2,1-3H3/b10-7-,19-16-,20-17-,25-23-,26-24-,30-29-,40-37-. The number of hydrogen-bond donors (Lipinski definition) is 0. The highest BCUT2D eigenvalue weighted by Gasteiger charge is 2.19. The van der Waals surface area contributed by atoms with Gasteiger partial charge < -0.3 is 14.2 Å². The molecule has 0 rings (SSSR count). The first-order valence-electron chi connectivity index (χ1n) is 31.1. The molecule has 1 unspecified atom stereocenters. The van der Waals surface area contributed by atoms with Crippen LogP contribution >= 0.6 is 0 Å². The Bertz CT molecular complexity index is 1400. The molecule has 0 fully saturated rings. The number of carbonyl (C=O) groups excluding carboxylic acids is 3. The molecule has 6 nitrogen and oxygen atoms in total. The van der Waals surface area contributed by atoms with Crippen LogP contribution in [0.1, 0.15) is 303 Å². The number of allylic oxidation sites excluding steroid dienone is 14. The third kappa shape index (κ3) is 59.3. The lowest BCUT2D eigenvalue weighted by molar-refractivity contribution is -0.167. The van der Waals surface area contributed by atoms with Crippen molar-refractivity contribution in [1.82, 2.24) is 0 Å². The van der Waals surface area contributed by atoms with Crippen molar-refractivity contribution < 1.29 is 28.6 Å². The highest BCUT2D eigenvalue weighted by Crippen LogP contribution is 2.16. The van der Waals surface area contributed by atoms with E-state index in [1.54, 1.807) is 0 Å². The van der Waals surface area contributed by atoms with Gasteiger partial charge in [0.2, 0.25) is 0 Å². The molecule has 0 aliphatic rings. The molecule has 73 heavy (non-hydrogen) atoms. The minimum absolute atomic E-state index is 0.0791. The number of hydrogen-bond acceptors (Lipinski definition) is 6. The zero-order chi connectivity index (χ0) is 52.9. The minimum atomic E-state index is -0.781. The van der Waals surface area contributed by atoms with Crippen LogP contribution in [0.15, 0.2) is 85.1 Å². The van der Waals surface area contributed by atoms with Gasteiger partial charge in [0.05, 0.1) is 0 Å². The predicted molar refractivity (Wildman–Crippen MR) is 316 cm³/mol. The fourth-order valence-corrected chi connectivity index (χ4v) is 8.74. The average molecular weight is 1020 g/mol. The fraction of sp³-hybridized carbons (Fsp3) is 0.746. The van der Waals surface area contributed by atoms with Gasteiger partial charge in [0.15, 0.2) is 6.10 Å². The maximum Gasteiger partial charge on any atom is 0.306 e. The SMILES string of the molecule is CC/C=C\C/C=C\C/C=C\C/C=C\CCCCCCCCCCCCCCCCC(=O)OCC(COC(=O)CCCCCCCCCCC)OC(=O)CCCCCCCC/C=C\C/C=C\C/C=C\CCCCC. The molecule has 0 amide bonds. The Morgan fingerprint density at radius 3 is 0.863 bits per heavy atom. The summed E-state index contributed by atoms with van der Waals surface area (Å²) in [5.41, 5.74) is 0. The molecule has 0 N–H and O–H groups in total. The first-order chi connectivity index (χ1) is 36.0. The van der Waals surface area contributed by atoms with Crippen molar-refractivity contribution in [2.24, 2.45) is 0 Å². The van der Waals surface area contributed by atoms with Gasteiger partial charge in [0.1, 0.15) is 13.2 Å². The van der Waals surface area contributed by atoms with E-state index in [1.165, 1.54) is 154 Å². The maximum atomic E-state index is 12.9. The van der Waals surface area contributed by atoms with E-state index in [0.29, 0.717) is 19.3 Å². The van der Waals surface area contributed by atoms with E-state index in [-0.39, 0.29) is 31.1 Å². The van der Waals surface area contributed by atoms with E-state index >= 15 is 0 Å². The van der Waals surface area contributed by atoms with Crippen molar-refractivity contribution >= 4 is 17.9 Å². The topological polar surface area (TPSA) is 78.9 Å². The summed E-state index contributed by atoms with van der Waals surface area (Å²) < 4.78 is 16.9. The van der Waals surface area contributed by atoms with Gasteiger partial charge in [0.25, 0.3) is 0 Å². The van der Waals surface area contributed by atoms with Crippen molar-refractivity contribution in [2.75, 3.05) is 13.2 Å². The second-order valence-electron chi connectivity index (χ2n) is 20.6. The Kier molecular flexibility index (Phi) is 58.3. The lowest BCUT2D eigenvalue weighted by Crippen LogP contribution is -2.30. The van der Waals surface area contributed by atoms with Gasteiger partial charge in [-0.15, -0.1) is 0 Å². The molecule has 0 heterocycles. The summed E-state index contributed by atoms with van der Waals surface area (Å²) in [6.07, 6.45) is 80.2. The molecule has 0 bridgehead atoms. The van der Waals surface area contributed by atoms with Crippen molar-refractivity contribution in [3.05, 3.63) is 85.1 Å². The molecule has 0 aliphatic carbocycles. The summed E-state index contributed by atoms with van der Waals surface area (Å²) in [6, 6.07) is 0. The minimum Gasteiger partial charge on any atom is -0.462 e. The number of unbranched alkanes of at least 4 members (excludes halogenated alkanes) is 31. The molecule has 6 heteroatoms. The van der Waals surface area contributed by atoms with Crippen LogP contribution in [0, 0.1) is 0 Å². The van der Waals surface area contributed by atoms with E-state index in [9.17, 15) is 14.4 Å². The molecule has 0 spiro atoms. The van der Waals surface area contributed by atoms with Gasteiger partial charge in [0, 0.05) is 19.3 Å². The smallest absolute Gasteiger partial charge is 0.306 e. The highest BCUT2D eigenvalue weighted by molar-refractivity contribution is 5.71. The van der Waals surface area contributed by atoms with Crippen LogP contribution in [0.5, 0.6) is 0 Å². The Hall–Kier alpha value is -3.41. The van der Waals surface area contributed by atoms with E-state index < -0.39 is 6.10 Å². The molecule has 0 aromatic rings. The summed E-state index contributed by atoms with van der Waals surface area (Å²) in [4.78, 5) is 38.1. The van der Waals surface area contributed by atoms with Crippen molar-refractivity contribution in [2.45, 2.75) is 309 Å². The Labute approximate surface area is 452 Å². The van der Waals surface area contributed by atoms with Gasteiger partial charge in [-0.05, 0) is 96.3 Å². The van der Waals surface area contributed by atoms with Crippen LogP contribution in [0.2, 0.25) is 0 Å². The largest absolute Gasteiger partial charge is 0.462 e. The molecule has 420 valence electrons. The quantitative estimate of drug-likeness (QED) is 0.0261. The average Bonchev–Trinajstić information content (AvgIpc) is 3.39. The lowest BCUT2D eigenvalue weighted by Gasteiger charge is -2.18. The second-order valence-corrected chi connectivity index (χ2v) is 20.6. The first kappa shape index (κ1) is 69.6. The predicted octanol–water partition coefficient (Wildman–Crippen LogP) is 21.1. The molecule has 0 aromatic heterocycles. The number of carbonyl (C=O) groups is 3. The van der Waals surface area contributed by atoms with E-state index in [2.05, 4.69) is 106 Å². The normalized spacial score (nSPS) is 12.6. The molecular formula is C67H116O6. The monoisotopic (exact) mass is 1020 g/mol. The summed E-state index contributed by atoms with van der Waals surface area (Å²) in [6.45, 7) is 6.49. The van der Waals surface area contributed by atoms with Crippen molar-refractivity contribution in [1.29, 1.82) is 0 Å². The summed E-state index contributed by atoms with van der Waals surface area (Å²) in [5, 5.41) is 0. The first-order valence-corrected chi connectivity index (χ1v) is 31.1. The number of ether oxygens (including phenoxy) is 3. The zero-order valence-corrected chi connectivity index (χ0v) is 48.1. The second kappa shape index (κ2) is 61.1. The van der Waals surface area contributed by atoms with Crippen LogP contribution in [-0.2, 0) is 28.6 Å². The fourth-order valence-electron chi connectivity index (χ4n) is 8.74. The molecule has 0 saturated heterocycles. The molecule has 0 radical (unpaired) electrons. The van der Waals surface area contributed by atoms with Gasteiger partial charge in [-0.2, -0.15) is 0 Å².